The van der Waals surface area contributed by atoms with Gasteiger partial charge in [0.15, 0.2) is 0 Å². The van der Waals surface area contributed by atoms with Crippen molar-refractivity contribution in [3.05, 3.63) is 24.3 Å². The van der Waals surface area contributed by atoms with Crippen molar-refractivity contribution in [3.63, 3.8) is 0 Å². The van der Waals surface area contributed by atoms with Crippen LogP contribution in [0.2, 0.25) is 0 Å². The molecule has 2 aliphatic heterocycles. The number of sulfonamides is 1. The number of nitrogens with zero attached hydrogens (tertiary/aromatic N) is 2. The van der Waals surface area contributed by atoms with Gasteiger partial charge in [-0.25, -0.2) is 8.42 Å². The van der Waals surface area contributed by atoms with E-state index >= 15 is 0 Å². The van der Waals surface area contributed by atoms with Crippen LogP contribution >= 0.6 is 0 Å². The second kappa shape index (κ2) is 9.86. The van der Waals surface area contributed by atoms with Crippen LogP contribution in [-0.2, 0) is 24.3 Å². The van der Waals surface area contributed by atoms with Gasteiger partial charge in [0.2, 0.25) is 21.8 Å². The Morgan fingerprint density at radius 2 is 1.83 bits per heavy atom. The van der Waals surface area contributed by atoms with Crippen LogP contribution in [0.3, 0.4) is 0 Å². The monoisotopic (exact) mass is 438 g/mol. The number of benzene rings is 1. The van der Waals surface area contributed by atoms with Gasteiger partial charge >= 0.3 is 0 Å². The molecule has 2 fully saturated rings. The van der Waals surface area contributed by atoms with Gasteiger partial charge in [-0.05, 0) is 44.0 Å². The van der Waals surface area contributed by atoms with Crippen LogP contribution in [0.1, 0.15) is 26.7 Å². The Morgan fingerprint density at radius 1 is 1.17 bits per heavy atom. The number of carbonyl (C=O) groups excluding carboxylic acids is 2. The maximum atomic E-state index is 12.7. The normalized spacial score (nSPS) is 21.4. The number of hydrogen-bond acceptors (Lipinski definition) is 6. The molecule has 30 heavy (non-hydrogen) atoms. The Morgan fingerprint density at radius 3 is 2.40 bits per heavy atom. The number of hydrogen-bond donors (Lipinski definition) is 2. The predicted molar refractivity (Wildman–Crippen MR) is 113 cm³/mol. The van der Waals surface area contributed by atoms with Crippen molar-refractivity contribution in [2.75, 3.05) is 44.6 Å². The first-order chi connectivity index (χ1) is 14.2. The Labute approximate surface area is 177 Å². The minimum Gasteiger partial charge on any atom is -0.377 e. The summed E-state index contributed by atoms with van der Waals surface area (Å²) in [5.74, 6) is -0.468. The van der Waals surface area contributed by atoms with Crippen LogP contribution in [0.15, 0.2) is 29.2 Å². The third-order valence-corrected chi connectivity index (χ3v) is 6.91. The first-order valence-corrected chi connectivity index (χ1v) is 11.8. The molecule has 2 N–H and O–H groups in total. The zero-order chi connectivity index (χ0) is 21.7. The Balaban J connectivity index is 1.51. The van der Waals surface area contributed by atoms with E-state index in [0.717, 1.165) is 39.1 Å². The summed E-state index contributed by atoms with van der Waals surface area (Å²) in [7, 11) is -3.85. The van der Waals surface area contributed by atoms with Crippen molar-refractivity contribution >= 4 is 27.5 Å². The van der Waals surface area contributed by atoms with Crippen LogP contribution in [0.4, 0.5) is 5.69 Å². The highest BCUT2D eigenvalue weighted by molar-refractivity contribution is 7.89. The summed E-state index contributed by atoms with van der Waals surface area (Å²) in [5, 5.41) is 2.58. The van der Waals surface area contributed by atoms with E-state index in [1.165, 1.54) is 31.2 Å². The van der Waals surface area contributed by atoms with Gasteiger partial charge < -0.3 is 15.0 Å². The van der Waals surface area contributed by atoms with Crippen LogP contribution in [0, 0.1) is 0 Å². The van der Waals surface area contributed by atoms with Crippen LogP contribution in [-0.4, -0.2) is 81.5 Å². The molecule has 0 aliphatic carbocycles. The fraction of sp³-hybridized carbons (Fsp3) is 0.600. The standard InChI is InChI=1S/C20H30N4O5S/c1-15(22-30(27,28)19-7-5-17(6-8-19)21-16(2)25)20(26)24-11-9-23(10-12-24)14-18-4-3-13-29-18/h5-8,15,18,22H,3-4,9-14H2,1-2H3,(H,21,25)/t15-,18-/m0/s1. The molecule has 166 valence electrons. The highest BCUT2D eigenvalue weighted by Gasteiger charge is 2.29. The van der Waals surface area contributed by atoms with Gasteiger partial charge in [-0.2, -0.15) is 4.72 Å². The molecule has 0 unspecified atom stereocenters. The Bertz CT molecular complexity index is 844. The zero-order valence-corrected chi connectivity index (χ0v) is 18.3. The van der Waals surface area contributed by atoms with Crippen LogP contribution in [0.25, 0.3) is 0 Å². The average Bonchev–Trinajstić information content (AvgIpc) is 3.20. The van der Waals surface area contributed by atoms with Crippen molar-refractivity contribution in [3.8, 4) is 0 Å². The molecular weight excluding hydrogens is 408 g/mol. The number of amides is 2. The molecule has 2 amide bonds. The molecule has 2 heterocycles. The summed E-state index contributed by atoms with van der Waals surface area (Å²) in [6.07, 6.45) is 2.48. The Hall–Kier alpha value is -2.01. The molecule has 1 aromatic rings. The third-order valence-electron chi connectivity index (χ3n) is 5.36. The lowest BCUT2D eigenvalue weighted by atomic mass is 10.2. The van der Waals surface area contributed by atoms with E-state index < -0.39 is 16.1 Å². The molecule has 0 bridgehead atoms. The second-order valence-electron chi connectivity index (χ2n) is 7.81. The molecule has 0 spiro atoms. The summed E-state index contributed by atoms with van der Waals surface area (Å²) in [5.41, 5.74) is 0.506. The SMILES string of the molecule is CC(=O)Nc1ccc(S(=O)(=O)N[C@@H](C)C(=O)N2CCN(C[C@@H]3CCCO3)CC2)cc1. The van der Waals surface area contributed by atoms with E-state index in [1.54, 1.807) is 11.8 Å². The van der Waals surface area contributed by atoms with Gasteiger partial charge in [0.1, 0.15) is 0 Å². The van der Waals surface area contributed by atoms with Crippen molar-refractivity contribution < 1.29 is 22.7 Å². The molecular formula is C20H30N4O5S. The fourth-order valence-electron chi connectivity index (χ4n) is 3.77. The minimum atomic E-state index is -3.85. The van der Waals surface area contributed by atoms with Crippen molar-refractivity contribution in [1.82, 2.24) is 14.5 Å². The molecule has 0 aromatic heterocycles. The lowest BCUT2D eigenvalue weighted by molar-refractivity contribution is -0.134. The molecule has 9 nitrogen and oxygen atoms in total. The third kappa shape index (κ3) is 6.00. The lowest BCUT2D eigenvalue weighted by Gasteiger charge is -2.36. The first-order valence-electron chi connectivity index (χ1n) is 10.3. The smallest absolute Gasteiger partial charge is 0.241 e. The summed E-state index contributed by atoms with van der Waals surface area (Å²) in [6, 6.07) is 4.95. The van der Waals surface area contributed by atoms with E-state index in [1.807, 2.05) is 0 Å². The number of piperazine rings is 1. The number of rotatable bonds is 7. The maximum Gasteiger partial charge on any atom is 0.241 e. The number of carbonyl (C=O) groups is 2. The average molecular weight is 439 g/mol. The van der Waals surface area contributed by atoms with Gasteiger partial charge in [-0.3, -0.25) is 14.5 Å². The maximum absolute atomic E-state index is 12.7. The largest absolute Gasteiger partial charge is 0.377 e. The van der Waals surface area contributed by atoms with E-state index in [-0.39, 0.29) is 22.8 Å². The molecule has 1 aromatic carbocycles. The van der Waals surface area contributed by atoms with Gasteiger partial charge in [0.05, 0.1) is 17.0 Å². The number of anilines is 1. The summed E-state index contributed by atoms with van der Waals surface area (Å²) < 4.78 is 33.4. The topological polar surface area (TPSA) is 108 Å². The molecule has 2 saturated heterocycles. The molecule has 10 heteroatoms. The van der Waals surface area contributed by atoms with Crippen molar-refractivity contribution in [1.29, 1.82) is 0 Å². The van der Waals surface area contributed by atoms with E-state index in [4.69, 9.17) is 4.74 Å². The Kier molecular flexibility index (Phi) is 7.45. The van der Waals surface area contributed by atoms with Crippen molar-refractivity contribution in [2.45, 2.75) is 43.7 Å². The van der Waals surface area contributed by atoms with E-state index in [9.17, 15) is 18.0 Å². The minimum absolute atomic E-state index is 0.0395. The quantitative estimate of drug-likeness (QED) is 0.647. The van der Waals surface area contributed by atoms with Crippen LogP contribution in [0.5, 0.6) is 0 Å². The summed E-state index contributed by atoms with van der Waals surface area (Å²) >= 11 is 0. The number of ether oxygens (including phenoxy) is 1. The molecule has 3 rings (SSSR count). The van der Waals surface area contributed by atoms with Gasteiger partial charge in [-0.1, -0.05) is 0 Å². The second-order valence-corrected chi connectivity index (χ2v) is 9.52. The highest BCUT2D eigenvalue weighted by Crippen LogP contribution is 2.16. The van der Waals surface area contributed by atoms with Crippen molar-refractivity contribution in [2.24, 2.45) is 0 Å². The predicted octanol–water partition coefficient (Wildman–Crippen LogP) is 0.635. The van der Waals surface area contributed by atoms with Gasteiger partial charge in [0.25, 0.3) is 0 Å². The fourth-order valence-corrected chi connectivity index (χ4v) is 4.97. The van der Waals surface area contributed by atoms with Gasteiger partial charge in [-0.15, -0.1) is 0 Å². The number of nitrogens with one attached hydrogen (secondary N) is 2. The molecule has 2 atom stereocenters. The van der Waals surface area contributed by atoms with Gasteiger partial charge in [0, 0.05) is 51.9 Å². The summed E-state index contributed by atoms with van der Waals surface area (Å²) in [4.78, 5) is 27.9. The van der Waals surface area contributed by atoms with E-state index in [2.05, 4.69) is 14.9 Å². The summed E-state index contributed by atoms with van der Waals surface area (Å²) in [6.45, 7) is 7.32. The highest BCUT2D eigenvalue weighted by atomic mass is 32.2. The molecule has 0 radical (unpaired) electrons. The van der Waals surface area contributed by atoms with Crippen LogP contribution < -0.4 is 10.0 Å². The molecule has 0 saturated carbocycles. The zero-order valence-electron chi connectivity index (χ0n) is 17.5. The first kappa shape index (κ1) is 22.7. The lowest BCUT2D eigenvalue weighted by Crippen LogP contribution is -2.54. The molecule has 2 aliphatic rings. The van der Waals surface area contributed by atoms with E-state index in [0.29, 0.717) is 18.8 Å².